The van der Waals surface area contributed by atoms with E-state index in [1.165, 1.54) is 4.83 Å². The number of nitrogens with zero attached hydrogens (tertiary/aromatic N) is 4. The van der Waals surface area contributed by atoms with Crippen molar-refractivity contribution in [3.05, 3.63) is 41.1 Å². The quantitative estimate of drug-likeness (QED) is 0.730. The van der Waals surface area contributed by atoms with E-state index in [9.17, 15) is 4.79 Å². The van der Waals surface area contributed by atoms with Crippen molar-refractivity contribution in [2.24, 2.45) is 0 Å². The summed E-state index contributed by atoms with van der Waals surface area (Å²) < 4.78 is 7.22. The number of amides is 1. The second kappa shape index (κ2) is 6.39. The summed E-state index contributed by atoms with van der Waals surface area (Å²) in [5.74, 6) is 2.31. The zero-order valence-electron chi connectivity index (χ0n) is 13.6. The second-order valence-electron chi connectivity index (χ2n) is 6.28. The molecule has 0 N–H and O–H groups in total. The van der Waals surface area contributed by atoms with Gasteiger partial charge in [-0.15, -0.1) is 11.3 Å². The number of aromatic nitrogens is 3. The average Bonchev–Trinajstić information content (AvgIpc) is 3.32. The fourth-order valence-corrected chi connectivity index (χ4v) is 4.40. The summed E-state index contributed by atoms with van der Waals surface area (Å²) in [4.78, 5) is 20.5. The molecule has 1 fully saturated rings. The SMILES string of the molecule is Cc1nc([C@@H]2CCCN(C(=O)CCc3ccno3)C2)c2sccn12. The van der Waals surface area contributed by atoms with Gasteiger partial charge in [0.05, 0.1) is 11.9 Å². The molecule has 0 bridgehead atoms. The van der Waals surface area contributed by atoms with Crippen LogP contribution in [0.4, 0.5) is 0 Å². The van der Waals surface area contributed by atoms with Crippen LogP contribution in [-0.2, 0) is 11.2 Å². The first kappa shape index (κ1) is 15.4. The lowest BCUT2D eigenvalue weighted by Gasteiger charge is -2.32. The summed E-state index contributed by atoms with van der Waals surface area (Å²) in [6.07, 6.45) is 6.88. The predicted octanol–water partition coefficient (Wildman–Crippen LogP) is 3.03. The number of piperidine rings is 1. The highest BCUT2D eigenvalue weighted by atomic mass is 32.1. The van der Waals surface area contributed by atoms with Gasteiger partial charge in [-0.05, 0) is 19.8 Å². The lowest BCUT2D eigenvalue weighted by Crippen LogP contribution is -2.39. The highest BCUT2D eigenvalue weighted by Gasteiger charge is 2.28. The maximum Gasteiger partial charge on any atom is 0.223 e. The van der Waals surface area contributed by atoms with Gasteiger partial charge in [-0.3, -0.25) is 9.20 Å². The number of fused-ring (bicyclic) bond motifs is 1. The zero-order valence-corrected chi connectivity index (χ0v) is 14.5. The Morgan fingerprint density at radius 2 is 2.42 bits per heavy atom. The Balaban J connectivity index is 1.45. The van der Waals surface area contributed by atoms with Crippen LogP contribution in [-0.4, -0.2) is 38.4 Å². The van der Waals surface area contributed by atoms with Gasteiger partial charge in [0.15, 0.2) is 0 Å². The molecule has 3 aromatic rings. The van der Waals surface area contributed by atoms with E-state index in [-0.39, 0.29) is 5.91 Å². The molecular weight excluding hydrogens is 324 g/mol. The molecule has 3 aromatic heterocycles. The third-order valence-electron chi connectivity index (χ3n) is 4.70. The number of carbonyl (C=O) groups excluding carboxylic acids is 1. The van der Waals surface area contributed by atoms with Crippen LogP contribution in [0.15, 0.2) is 28.4 Å². The van der Waals surface area contributed by atoms with Crippen LogP contribution in [0.2, 0.25) is 0 Å². The maximum absolute atomic E-state index is 12.5. The predicted molar refractivity (Wildman–Crippen MR) is 91.2 cm³/mol. The number of likely N-dealkylation sites (tertiary alicyclic amines) is 1. The number of hydrogen-bond donors (Lipinski definition) is 0. The van der Waals surface area contributed by atoms with E-state index >= 15 is 0 Å². The number of aryl methyl sites for hydroxylation is 2. The minimum absolute atomic E-state index is 0.189. The van der Waals surface area contributed by atoms with Crippen molar-refractivity contribution in [3.8, 4) is 0 Å². The highest BCUT2D eigenvalue weighted by molar-refractivity contribution is 7.15. The molecule has 1 amide bonds. The molecule has 0 radical (unpaired) electrons. The summed E-state index contributed by atoms with van der Waals surface area (Å²) in [7, 11) is 0. The Bertz CT molecular complexity index is 836. The van der Waals surface area contributed by atoms with Crippen molar-refractivity contribution in [1.29, 1.82) is 0 Å². The van der Waals surface area contributed by atoms with Gasteiger partial charge in [-0.25, -0.2) is 4.98 Å². The molecule has 1 aliphatic heterocycles. The molecule has 4 heterocycles. The Labute approximate surface area is 144 Å². The Morgan fingerprint density at radius 3 is 3.25 bits per heavy atom. The van der Waals surface area contributed by atoms with E-state index in [2.05, 4.69) is 21.1 Å². The van der Waals surface area contributed by atoms with E-state index in [0.29, 0.717) is 18.8 Å². The van der Waals surface area contributed by atoms with Crippen LogP contribution in [0.25, 0.3) is 4.83 Å². The van der Waals surface area contributed by atoms with Gasteiger partial charge in [-0.1, -0.05) is 5.16 Å². The Morgan fingerprint density at radius 1 is 1.50 bits per heavy atom. The summed E-state index contributed by atoms with van der Waals surface area (Å²) in [5.41, 5.74) is 1.15. The minimum Gasteiger partial charge on any atom is -0.361 e. The first-order valence-corrected chi connectivity index (χ1v) is 9.19. The third kappa shape index (κ3) is 2.84. The molecule has 4 rings (SSSR count). The third-order valence-corrected chi connectivity index (χ3v) is 5.58. The van der Waals surface area contributed by atoms with E-state index in [4.69, 9.17) is 9.51 Å². The molecule has 24 heavy (non-hydrogen) atoms. The minimum atomic E-state index is 0.189. The molecule has 0 unspecified atom stereocenters. The number of carbonyl (C=O) groups is 1. The smallest absolute Gasteiger partial charge is 0.223 e. The maximum atomic E-state index is 12.5. The van der Waals surface area contributed by atoms with Gasteiger partial charge in [0.25, 0.3) is 0 Å². The first-order valence-electron chi connectivity index (χ1n) is 8.32. The lowest BCUT2D eigenvalue weighted by molar-refractivity contribution is -0.132. The molecule has 6 nitrogen and oxygen atoms in total. The van der Waals surface area contributed by atoms with Crippen molar-refractivity contribution in [1.82, 2.24) is 19.4 Å². The van der Waals surface area contributed by atoms with Gasteiger partial charge in [-0.2, -0.15) is 0 Å². The molecule has 7 heteroatoms. The largest absolute Gasteiger partial charge is 0.361 e. The molecular formula is C17H20N4O2S. The summed E-state index contributed by atoms with van der Waals surface area (Å²) in [6, 6.07) is 1.81. The van der Waals surface area contributed by atoms with Crippen LogP contribution in [0.1, 0.15) is 42.5 Å². The van der Waals surface area contributed by atoms with E-state index in [0.717, 1.165) is 43.2 Å². The average molecular weight is 344 g/mol. The molecule has 0 aromatic carbocycles. The van der Waals surface area contributed by atoms with E-state index in [1.54, 1.807) is 17.5 Å². The van der Waals surface area contributed by atoms with Crippen molar-refractivity contribution < 1.29 is 9.32 Å². The second-order valence-corrected chi connectivity index (χ2v) is 7.17. The monoisotopic (exact) mass is 344 g/mol. The van der Waals surface area contributed by atoms with E-state index < -0.39 is 0 Å². The molecule has 126 valence electrons. The molecule has 1 atom stereocenters. The van der Waals surface area contributed by atoms with Crippen molar-refractivity contribution in [2.75, 3.05) is 13.1 Å². The summed E-state index contributed by atoms with van der Waals surface area (Å²) >= 11 is 1.72. The Hall–Kier alpha value is -2.15. The normalized spacial score (nSPS) is 18.4. The van der Waals surface area contributed by atoms with Crippen LogP contribution >= 0.6 is 11.3 Å². The summed E-state index contributed by atoms with van der Waals surface area (Å²) in [6.45, 7) is 3.64. The number of hydrogen-bond acceptors (Lipinski definition) is 5. The lowest BCUT2D eigenvalue weighted by atomic mass is 9.95. The number of imidazole rings is 1. The number of thiazole rings is 1. The van der Waals surface area contributed by atoms with Crippen molar-refractivity contribution in [2.45, 2.75) is 38.5 Å². The van der Waals surface area contributed by atoms with Crippen LogP contribution in [0.5, 0.6) is 0 Å². The van der Waals surface area contributed by atoms with Gasteiger partial charge >= 0.3 is 0 Å². The van der Waals surface area contributed by atoms with Gasteiger partial charge in [0.1, 0.15) is 16.4 Å². The molecule has 1 saturated heterocycles. The van der Waals surface area contributed by atoms with Gasteiger partial charge in [0.2, 0.25) is 5.91 Å². The fourth-order valence-electron chi connectivity index (χ4n) is 3.45. The molecule has 0 aliphatic carbocycles. The van der Waals surface area contributed by atoms with Crippen LogP contribution in [0, 0.1) is 6.92 Å². The molecule has 0 spiro atoms. The topological polar surface area (TPSA) is 63.6 Å². The standard InChI is InChI=1S/C17H20N4O2S/c1-12-19-16(17-21(12)9-10-24-17)13-3-2-8-20(11-13)15(22)5-4-14-6-7-18-23-14/h6-7,9-10,13H,2-5,8,11H2,1H3/t13-/m1/s1. The zero-order chi connectivity index (χ0) is 16.5. The van der Waals surface area contributed by atoms with Crippen molar-refractivity contribution >= 4 is 22.1 Å². The Kier molecular flexibility index (Phi) is 4.10. The van der Waals surface area contributed by atoms with Crippen LogP contribution < -0.4 is 0 Å². The fraction of sp³-hybridized carbons (Fsp3) is 0.471. The van der Waals surface area contributed by atoms with Gasteiger partial charge < -0.3 is 9.42 Å². The molecule has 0 saturated carbocycles. The number of rotatable bonds is 4. The molecule has 1 aliphatic rings. The van der Waals surface area contributed by atoms with Gasteiger partial charge in [0, 0.05) is 49.5 Å². The van der Waals surface area contributed by atoms with Crippen molar-refractivity contribution in [3.63, 3.8) is 0 Å². The van der Waals surface area contributed by atoms with Crippen LogP contribution in [0.3, 0.4) is 0 Å². The van der Waals surface area contributed by atoms with E-state index in [1.807, 2.05) is 17.9 Å². The first-order chi connectivity index (χ1) is 11.7. The highest BCUT2D eigenvalue weighted by Crippen LogP contribution is 2.32. The summed E-state index contributed by atoms with van der Waals surface area (Å²) in [5, 5.41) is 5.78.